The number of aliphatic hydroxyl groups is 1. The molecule has 0 unspecified atom stereocenters. The van der Waals surface area contributed by atoms with Crippen LogP contribution in [0.25, 0.3) is 22.3 Å². The molecule has 0 radical (unpaired) electrons. The highest BCUT2D eigenvalue weighted by Gasteiger charge is 2.45. The average Bonchev–Trinajstić information content (AvgIpc) is 3.10. The van der Waals surface area contributed by atoms with Crippen molar-refractivity contribution in [1.82, 2.24) is 25.1 Å². The fraction of sp³-hybridized carbons (Fsp3) is 0.455. The van der Waals surface area contributed by atoms with E-state index in [-0.39, 0.29) is 39.4 Å². The highest BCUT2D eigenvalue weighted by atomic mass is 32.2. The molecule has 0 aliphatic carbocycles. The number of halogens is 3. The molecule has 36 heavy (non-hydrogen) atoms. The zero-order valence-corrected chi connectivity index (χ0v) is 20.6. The maximum Gasteiger partial charge on any atom is 0.388 e. The van der Waals surface area contributed by atoms with Gasteiger partial charge in [-0.05, 0) is 33.8 Å². The Morgan fingerprint density at radius 3 is 2.50 bits per heavy atom. The van der Waals surface area contributed by atoms with Gasteiger partial charge in [0.2, 0.25) is 5.88 Å². The Hall–Kier alpha value is -3.26. The number of hydrogen-bond donors (Lipinski definition) is 2. The number of pyridine rings is 2. The molecule has 1 aliphatic rings. The molecule has 1 saturated heterocycles. The minimum absolute atomic E-state index is 0.0378. The molecular weight excluding hydrogens is 503 g/mol. The lowest BCUT2D eigenvalue weighted by Crippen LogP contribution is -2.63. The van der Waals surface area contributed by atoms with Gasteiger partial charge in [0, 0.05) is 17.8 Å². The van der Waals surface area contributed by atoms with Crippen LogP contribution in [-0.2, 0) is 9.84 Å². The van der Waals surface area contributed by atoms with Gasteiger partial charge in [-0.15, -0.1) is 0 Å². The number of carbonyl (C=O) groups is 1. The number of alkyl halides is 2. The molecule has 1 atom stereocenters. The summed E-state index contributed by atoms with van der Waals surface area (Å²) in [5, 5.41) is 17.7. The highest BCUT2D eigenvalue weighted by Crippen LogP contribution is 2.34. The van der Waals surface area contributed by atoms with E-state index in [1.54, 1.807) is 13.8 Å². The molecule has 1 amide bonds. The van der Waals surface area contributed by atoms with Crippen LogP contribution in [0.5, 0.6) is 5.88 Å². The first-order valence-electron chi connectivity index (χ1n) is 10.8. The number of fused-ring (bicyclic) bond motifs is 1. The Balaban J connectivity index is 1.82. The lowest BCUT2D eigenvalue weighted by molar-refractivity contribution is -0.0528. The molecule has 4 rings (SSSR count). The summed E-state index contributed by atoms with van der Waals surface area (Å²) in [6, 6.07) is 1.70. The first kappa shape index (κ1) is 25.8. The first-order valence-corrected chi connectivity index (χ1v) is 12.6. The summed E-state index contributed by atoms with van der Waals surface area (Å²) in [4.78, 5) is 20.7. The number of rotatable bonds is 7. The molecule has 0 spiro atoms. The van der Waals surface area contributed by atoms with E-state index in [1.807, 2.05) is 0 Å². The number of ether oxygens (including phenoxy) is 1. The molecule has 14 heteroatoms. The molecule has 0 aromatic carbocycles. The number of aromatic nitrogens is 4. The predicted octanol–water partition coefficient (Wildman–Crippen LogP) is 2.48. The van der Waals surface area contributed by atoms with Crippen LogP contribution in [0.2, 0.25) is 0 Å². The Bertz CT molecular complexity index is 1440. The van der Waals surface area contributed by atoms with Crippen molar-refractivity contribution in [3.8, 4) is 17.1 Å². The van der Waals surface area contributed by atoms with E-state index >= 15 is 0 Å². The lowest BCUT2D eigenvalue weighted by Gasteiger charge is -2.38. The summed E-state index contributed by atoms with van der Waals surface area (Å²) in [6.45, 7) is 3.16. The zero-order valence-electron chi connectivity index (χ0n) is 19.8. The van der Waals surface area contributed by atoms with E-state index < -0.39 is 51.2 Å². The molecule has 4 heterocycles. The summed E-state index contributed by atoms with van der Waals surface area (Å²) in [7, 11) is -3.20. The van der Waals surface area contributed by atoms with Crippen molar-refractivity contribution in [1.29, 1.82) is 0 Å². The molecule has 2 N–H and O–H groups in total. The van der Waals surface area contributed by atoms with E-state index in [2.05, 4.69) is 25.1 Å². The maximum atomic E-state index is 14.7. The van der Waals surface area contributed by atoms with Gasteiger partial charge >= 0.3 is 6.61 Å². The number of nitrogens with one attached hydrogen (secondary N) is 1. The van der Waals surface area contributed by atoms with Crippen molar-refractivity contribution in [2.24, 2.45) is 0 Å². The Labute approximate surface area is 204 Å². The van der Waals surface area contributed by atoms with Crippen LogP contribution in [0, 0.1) is 5.82 Å². The molecule has 0 bridgehead atoms. The first-order chi connectivity index (χ1) is 16.6. The van der Waals surface area contributed by atoms with Crippen LogP contribution in [-0.4, -0.2) is 68.4 Å². The van der Waals surface area contributed by atoms with Crippen LogP contribution in [0.1, 0.15) is 44.1 Å². The van der Waals surface area contributed by atoms with E-state index in [0.29, 0.717) is 6.20 Å². The SMILES string of the molecule is C[C@@H](n1nc(-c2cc(OC(F)F)ncc2F)c2ncc(C(=O)NC3(C)CS(=O)(=O)C3)cc21)C(C)(C)O. The predicted molar refractivity (Wildman–Crippen MR) is 123 cm³/mol. The third kappa shape index (κ3) is 5.00. The molecule has 194 valence electrons. The number of carbonyl (C=O) groups excluding carboxylic acids is 1. The normalized spacial score (nSPS) is 17.6. The number of nitrogens with zero attached hydrogens (tertiary/aromatic N) is 4. The molecule has 3 aromatic rings. The van der Waals surface area contributed by atoms with E-state index in [4.69, 9.17) is 0 Å². The van der Waals surface area contributed by atoms with Gasteiger partial charge in [-0.1, -0.05) is 0 Å². The Morgan fingerprint density at radius 1 is 1.25 bits per heavy atom. The minimum atomic E-state index is -3.20. The summed E-state index contributed by atoms with van der Waals surface area (Å²) in [6.07, 6.45) is 1.93. The van der Waals surface area contributed by atoms with E-state index in [0.717, 1.165) is 6.07 Å². The second-order valence-corrected chi connectivity index (χ2v) is 11.7. The second kappa shape index (κ2) is 8.69. The number of sulfone groups is 1. The molecule has 10 nitrogen and oxygen atoms in total. The van der Waals surface area contributed by atoms with E-state index in [9.17, 15) is 31.5 Å². The van der Waals surface area contributed by atoms with Crippen LogP contribution in [0.15, 0.2) is 24.5 Å². The lowest BCUT2D eigenvalue weighted by atomic mass is 10.0. The molecular formula is C22H24F3N5O5S. The van der Waals surface area contributed by atoms with Crippen LogP contribution < -0.4 is 10.1 Å². The Kier molecular flexibility index (Phi) is 6.23. The van der Waals surface area contributed by atoms with Gasteiger partial charge in [-0.3, -0.25) is 14.5 Å². The van der Waals surface area contributed by atoms with Crippen molar-refractivity contribution in [2.75, 3.05) is 11.5 Å². The van der Waals surface area contributed by atoms with Gasteiger partial charge in [0.05, 0.1) is 46.0 Å². The zero-order chi connectivity index (χ0) is 26.6. The summed E-state index contributed by atoms with van der Waals surface area (Å²) in [5.41, 5.74) is -2.01. The second-order valence-electron chi connectivity index (χ2n) is 9.64. The van der Waals surface area contributed by atoms with Crippen molar-refractivity contribution >= 4 is 26.8 Å². The minimum Gasteiger partial charge on any atom is -0.417 e. The maximum absolute atomic E-state index is 14.7. The standard InChI is InChI=1S/C22H24F3N5O5S/c1-11(21(2,3)32)30-15-5-12(19(31)28-22(4)9-36(33,34)10-22)7-27-18(15)17(29-30)13-6-16(35-20(24)25)26-8-14(13)23/h5-8,11,20,32H,9-10H2,1-4H3,(H,28,31)/t11-/m1/s1. The van der Waals surface area contributed by atoms with Crippen LogP contribution in [0.3, 0.4) is 0 Å². The van der Waals surface area contributed by atoms with Gasteiger partial charge in [0.25, 0.3) is 5.91 Å². The molecule has 1 fully saturated rings. The molecule has 3 aromatic heterocycles. The third-order valence-corrected chi connectivity index (χ3v) is 8.14. The quantitative estimate of drug-likeness (QED) is 0.478. The van der Waals surface area contributed by atoms with Gasteiger partial charge in [-0.25, -0.2) is 17.8 Å². The summed E-state index contributed by atoms with van der Waals surface area (Å²) in [5.74, 6) is -2.36. The smallest absolute Gasteiger partial charge is 0.388 e. The largest absolute Gasteiger partial charge is 0.417 e. The average molecular weight is 528 g/mol. The highest BCUT2D eigenvalue weighted by molar-refractivity contribution is 7.93. The topological polar surface area (TPSA) is 136 Å². The van der Waals surface area contributed by atoms with Gasteiger partial charge in [0.15, 0.2) is 15.7 Å². The fourth-order valence-corrected chi connectivity index (χ4v) is 6.02. The van der Waals surface area contributed by atoms with Crippen LogP contribution >= 0.6 is 0 Å². The summed E-state index contributed by atoms with van der Waals surface area (Å²) >= 11 is 0. The van der Waals surface area contributed by atoms with Crippen molar-refractivity contribution in [3.05, 3.63) is 35.9 Å². The number of hydrogen-bond acceptors (Lipinski definition) is 8. The monoisotopic (exact) mass is 527 g/mol. The van der Waals surface area contributed by atoms with Crippen LogP contribution in [0.4, 0.5) is 13.2 Å². The summed E-state index contributed by atoms with van der Waals surface area (Å²) < 4.78 is 68.8. The fourth-order valence-electron chi connectivity index (χ4n) is 4.02. The van der Waals surface area contributed by atoms with E-state index in [1.165, 1.54) is 30.8 Å². The van der Waals surface area contributed by atoms with Gasteiger partial charge < -0.3 is 15.2 Å². The van der Waals surface area contributed by atoms with Crippen molar-refractivity contribution in [2.45, 2.75) is 51.5 Å². The van der Waals surface area contributed by atoms with Crippen molar-refractivity contribution in [3.63, 3.8) is 0 Å². The number of amides is 1. The third-order valence-electron chi connectivity index (χ3n) is 5.99. The van der Waals surface area contributed by atoms with Crippen molar-refractivity contribution < 1.29 is 36.2 Å². The van der Waals surface area contributed by atoms with Gasteiger partial charge in [-0.2, -0.15) is 13.9 Å². The Morgan fingerprint density at radius 2 is 1.92 bits per heavy atom. The van der Waals surface area contributed by atoms with Gasteiger partial charge in [0.1, 0.15) is 11.2 Å². The molecule has 0 saturated carbocycles. The molecule has 1 aliphatic heterocycles.